The predicted molar refractivity (Wildman–Crippen MR) is 150 cm³/mol. The van der Waals surface area contributed by atoms with Crippen molar-refractivity contribution < 1.29 is 23.0 Å². The Hall–Kier alpha value is -2.66. The van der Waals surface area contributed by atoms with E-state index in [0.29, 0.717) is 34.5 Å². The summed E-state index contributed by atoms with van der Waals surface area (Å²) in [5, 5.41) is 5.11. The topological polar surface area (TPSA) is 104 Å². The minimum absolute atomic E-state index is 0.0152. The lowest BCUT2D eigenvalue weighted by molar-refractivity contribution is 0.144. The fourth-order valence-corrected chi connectivity index (χ4v) is 6.72. The first kappa shape index (κ1) is 28.4. The van der Waals surface area contributed by atoms with Crippen LogP contribution in [0.25, 0.3) is 0 Å². The second-order valence-electron chi connectivity index (χ2n) is 9.10. The van der Waals surface area contributed by atoms with Crippen molar-refractivity contribution in [3.8, 4) is 5.75 Å². The smallest absolute Gasteiger partial charge is 0.407 e. The van der Waals surface area contributed by atoms with E-state index in [-0.39, 0.29) is 25.1 Å². The number of ether oxygens (including phenoxy) is 2. The van der Waals surface area contributed by atoms with Crippen molar-refractivity contribution in [1.29, 1.82) is 0 Å². The summed E-state index contributed by atoms with van der Waals surface area (Å²) < 4.78 is 36.3. The molecule has 1 aromatic heterocycles. The maximum Gasteiger partial charge on any atom is 0.407 e. The largest absolute Gasteiger partial charge is 0.755 e. The molecule has 1 aliphatic carbocycles. The number of amides is 1. The Balaban J connectivity index is 1.53. The van der Waals surface area contributed by atoms with Crippen LogP contribution in [0.15, 0.2) is 42.5 Å². The average molecular weight is 577 g/mol. The van der Waals surface area contributed by atoms with E-state index >= 15 is 0 Å². The minimum Gasteiger partial charge on any atom is -0.755 e. The first-order valence-corrected chi connectivity index (χ1v) is 14.7. The number of fused-ring (bicyclic) bond motifs is 1. The lowest BCUT2D eigenvalue weighted by atomic mass is 9.76. The van der Waals surface area contributed by atoms with Crippen LogP contribution in [-0.2, 0) is 28.8 Å². The Kier molecular flexibility index (Phi) is 9.64. The van der Waals surface area contributed by atoms with Crippen molar-refractivity contribution in [3.63, 3.8) is 0 Å². The fraction of sp³-hybridized carbons (Fsp3) is 0.407. The van der Waals surface area contributed by atoms with E-state index in [2.05, 4.69) is 16.4 Å². The molecule has 11 heteroatoms. The van der Waals surface area contributed by atoms with E-state index in [1.807, 2.05) is 43.3 Å². The van der Waals surface area contributed by atoms with E-state index < -0.39 is 17.4 Å². The maximum atomic E-state index is 12.3. The van der Waals surface area contributed by atoms with Crippen LogP contribution in [0.5, 0.6) is 5.75 Å². The number of hydrogen-bond donors (Lipinski definition) is 1. The molecule has 0 fully saturated rings. The molecular weight excluding hydrogens is 546 g/mol. The van der Waals surface area contributed by atoms with E-state index in [0.717, 1.165) is 29.0 Å². The van der Waals surface area contributed by atoms with E-state index in [9.17, 15) is 13.6 Å². The molecule has 3 atom stereocenters. The standard InChI is InChI=1S/C27H32ClN3O5S2/c1-4-35-27(32)30-25-11-9-20-8-10-22(16-23(20)24(25)15-19-6-5-7-21(28)14-19)36-13-12-31(38(33)34)26-17(2)29-18(3)37-26/h5-8,10,14,16,24-25H,4,9,11-13,15H2,1-3H3,(H,30,32)(H,33,34)/p-1. The van der Waals surface area contributed by atoms with Gasteiger partial charge in [-0.2, -0.15) is 0 Å². The molecule has 4 rings (SSSR count). The van der Waals surface area contributed by atoms with Gasteiger partial charge in [0.2, 0.25) is 0 Å². The molecule has 0 spiro atoms. The van der Waals surface area contributed by atoms with Crippen molar-refractivity contribution in [2.75, 3.05) is 24.1 Å². The highest BCUT2D eigenvalue weighted by molar-refractivity contribution is 7.81. The Labute approximate surface area is 234 Å². The zero-order valence-electron chi connectivity index (χ0n) is 21.6. The van der Waals surface area contributed by atoms with Gasteiger partial charge in [-0.15, -0.1) is 11.3 Å². The fourth-order valence-electron chi connectivity index (χ4n) is 4.87. The van der Waals surface area contributed by atoms with Gasteiger partial charge in [0, 0.05) is 28.2 Å². The zero-order chi connectivity index (χ0) is 27.2. The highest BCUT2D eigenvalue weighted by Gasteiger charge is 2.32. The van der Waals surface area contributed by atoms with Gasteiger partial charge in [0.25, 0.3) is 0 Å². The third-order valence-corrected chi connectivity index (χ3v) is 8.67. The number of nitrogens with one attached hydrogen (secondary N) is 1. The molecule has 3 aromatic rings. The van der Waals surface area contributed by atoms with Gasteiger partial charge >= 0.3 is 6.09 Å². The van der Waals surface area contributed by atoms with Gasteiger partial charge in [-0.25, -0.2) is 9.78 Å². The number of benzene rings is 2. The third-order valence-electron chi connectivity index (χ3n) is 6.50. The summed E-state index contributed by atoms with van der Waals surface area (Å²) in [7, 11) is 0. The molecule has 0 aliphatic heterocycles. The number of nitrogens with zero attached hydrogens (tertiary/aromatic N) is 2. The minimum atomic E-state index is -2.44. The molecule has 3 unspecified atom stereocenters. The molecule has 8 nitrogen and oxygen atoms in total. The van der Waals surface area contributed by atoms with Gasteiger partial charge in [-0.3, -0.25) is 8.51 Å². The molecule has 1 amide bonds. The summed E-state index contributed by atoms with van der Waals surface area (Å²) in [4.78, 5) is 16.6. The number of anilines is 1. The van der Waals surface area contributed by atoms with E-state index in [4.69, 9.17) is 21.1 Å². The second kappa shape index (κ2) is 12.9. The molecule has 0 radical (unpaired) electrons. The number of rotatable bonds is 10. The number of hydrogen-bond acceptors (Lipinski definition) is 7. The maximum absolute atomic E-state index is 12.3. The Bertz CT molecular complexity index is 1300. The monoisotopic (exact) mass is 576 g/mol. The number of aryl methyl sites for hydroxylation is 3. The molecule has 38 heavy (non-hydrogen) atoms. The van der Waals surface area contributed by atoms with Crippen molar-refractivity contribution in [2.45, 2.75) is 52.0 Å². The van der Waals surface area contributed by atoms with Crippen LogP contribution in [0, 0.1) is 13.8 Å². The van der Waals surface area contributed by atoms with Gasteiger partial charge in [0.15, 0.2) is 0 Å². The molecule has 0 bridgehead atoms. The predicted octanol–water partition coefficient (Wildman–Crippen LogP) is 5.48. The van der Waals surface area contributed by atoms with Crippen LogP contribution in [0.4, 0.5) is 9.80 Å². The van der Waals surface area contributed by atoms with Crippen LogP contribution in [0.3, 0.4) is 0 Å². The summed E-state index contributed by atoms with van der Waals surface area (Å²) in [6.07, 6.45) is 1.85. The molecule has 204 valence electrons. The van der Waals surface area contributed by atoms with Crippen LogP contribution < -0.4 is 14.4 Å². The molecule has 1 aliphatic rings. The first-order chi connectivity index (χ1) is 18.2. The normalized spacial score (nSPS) is 17.4. The van der Waals surface area contributed by atoms with Gasteiger partial charge in [0.05, 0.1) is 23.9 Å². The first-order valence-electron chi connectivity index (χ1n) is 12.5. The SMILES string of the molecule is CCOC(=O)NC1CCc2ccc(OCCN(c3sc(C)nc3C)S(=O)[O-])cc2C1Cc1cccc(Cl)c1. The van der Waals surface area contributed by atoms with Crippen molar-refractivity contribution in [3.05, 3.63) is 74.9 Å². The van der Waals surface area contributed by atoms with E-state index in [1.54, 1.807) is 13.8 Å². The van der Waals surface area contributed by atoms with Crippen LogP contribution in [0.1, 0.15) is 46.7 Å². The number of alkyl carbamates (subject to hydrolysis) is 1. The van der Waals surface area contributed by atoms with Gasteiger partial charge in [-0.05, 0) is 81.0 Å². The second-order valence-corrected chi connectivity index (χ2v) is 11.6. The number of aromatic nitrogens is 1. The summed E-state index contributed by atoms with van der Waals surface area (Å²) in [6.45, 7) is 6.06. The van der Waals surface area contributed by atoms with Crippen LogP contribution in [0.2, 0.25) is 5.02 Å². The van der Waals surface area contributed by atoms with Crippen molar-refractivity contribution in [2.24, 2.45) is 0 Å². The van der Waals surface area contributed by atoms with Crippen LogP contribution in [-0.4, -0.2) is 45.6 Å². The molecule has 1 N–H and O–H groups in total. The molecule has 2 aromatic carbocycles. The van der Waals surface area contributed by atoms with Gasteiger partial charge in [-0.1, -0.05) is 29.8 Å². The number of thiazole rings is 1. The van der Waals surface area contributed by atoms with Crippen molar-refractivity contribution >= 4 is 45.3 Å². The highest BCUT2D eigenvalue weighted by atomic mass is 35.5. The van der Waals surface area contributed by atoms with Gasteiger partial charge in [0.1, 0.15) is 17.4 Å². The molecule has 0 saturated carbocycles. The average Bonchev–Trinajstić information content (AvgIpc) is 3.20. The summed E-state index contributed by atoms with van der Waals surface area (Å²) in [6, 6.07) is 13.6. The quantitative estimate of drug-likeness (QED) is 0.321. The zero-order valence-corrected chi connectivity index (χ0v) is 24.0. The molecular formula is C27H31ClN3O5S2-. The Morgan fingerprint density at radius 1 is 1.29 bits per heavy atom. The van der Waals surface area contributed by atoms with Crippen LogP contribution >= 0.6 is 22.9 Å². The summed E-state index contributed by atoms with van der Waals surface area (Å²) in [5.74, 6) is 0.629. The number of carbonyl (C=O) groups excluding carboxylic acids is 1. The highest BCUT2D eigenvalue weighted by Crippen LogP contribution is 2.37. The number of halogens is 1. The lowest BCUT2D eigenvalue weighted by Gasteiger charge is -2.34. The molecule has 1 heterocycles. The molecule has 0 saturated heterocycles. The van der Waals surface area contributed by atoms with E-state index in [1.165, 1.54) is 21.2 Å². The van der Waals surface area contributed by atoms with Crippen molar-refractivity contribution in [1.82, 2.24) is 10.3 Å². The Morgan fingerprint density at radius 2 is 2.11 bits per heavy atom. The number of carbonyl (C=O) groups is 1. The Morgan fingerprint density at radius 3 is 2.79 bits per heavy atom. The van der Waals surface area contributed by atoms with Gasteiger partial charge < -0.3 is 19.3 Å². The summed E-state index contributed by atoms with van der Waals surface area (Å²) in [5.41, 5.74) is 4.04. The third kappa shape index (κ3) is 7.05. The summed E-state index contributed by atoms with van der Waals surface area (Å²) >= 11 is 5.14. The lowest BCUT2D eigenvalue weighted by Crippen LogP contribution is -2.43.